The largest absolute Gasteiger partial charge is 0.399 e. The van der Waals surface area contributed by atoms with Crippen LogP contribution in [0.15, 0.2) is 24.3 Å². The lowest BCUT2D eigenvalue weighted by Crippen LogP contribution is -2.12. The van der Waals surface area contributed by atoms with Crippen LogP contribution in [0.4, 0.5) is 5.69 Å². The molecule has 1 rings (SSSR count). The second kappa shape index (κ2) is 7.30. The Morgan fingerprint density at radius 2 is 2.12 bits per heavy atom. The number of aliphatic hydroxyl groups is 1. The summed E-state index contributed by atoms with van der Waals surface area (Å²) in [6, 6.07) is 7.29. The Morgan fingerprint density at radius 3 is 2.76 bits per heavy atom. The lowest BCUT2D eigenvalue weighted by molar-refractivity contribution is 0.0215. The molecular formula is C14H23NO2. The second-order valence-corrected chi connectivity index (χ2v) is 4.62. The van der Waals surface area contributed by atoms with Crippen molar-refractivity contribution in [2.75, 3.05) is 18.9 Å². The zero-order valence-electron chi connectivity index (χ0n) is 10.7. The Labute approximate surface area is 104 Å². The summed E-state index contributed by atoms with van der Waals surface area (Å²) in [4.78, 5) is 0. The molecule has 0 saturated carbocycles. The molecule has 0 aliphatic carbocycles. The highest BCUT2D eigenvalue weighted by Gasteiger charge is 2.09. The van der Waals surface area contributed by atoms with Crippen LogP contribution in [-0.4, -0.2) is 18.3 Å². The first-order valence-electron chi connectivity index (χ1n) is 6.24. The number of aliphatic hydroxyl groups excluding tert-OH is 1. The Balaban J connectivity index is 2.32. The van der Waals surface area contributed by atoms with Crippen LogP contribution in [0.3, 0.4) is 0 Å². The fourth-order valence-electron chi connectivity index (χ4n) is 1.82. The summed E-state index contributed by atoms with van der Waals surface area (Å²) in [5, 5.41) is 9.91. The molecule has 1 aromatic carbocycles. The molecule has 0 amide bonds. The van der Waals surface area contributed by atoms with E-state index in [2.05, 4.69) is 13.8 Å². The molecule has 0 aromatic heterocycles. The third-order valence-electron chi connectivity index (χ3n) is 2.76. The summed E-state index contributed by atoms with van der Waals surface area (Å²) < 4.78 is 5.51. The van der Waals surface area contributed by atoms with Crippen molar-refractivity contribution < 1.29 is 9.84 Å². The molecule has 0 bridgehead atoms. The summed E-state index contributed by atoms with van der Waals surface area (Å²) in [5.74, 6) is 0.549. The number of ether oxygens (including phenoxy) is 1. The van der Waals surface area contributed by atoms with Crippen molar-refractivity contribution in [1.82, 2.24) is 0 Å². The van der Waals surface area contributed by atoms with E-state index in [1.54, 1.807) is 12.1 Å². The molecule has 0 aliphatic rings. The van der Waals surface area contributed by atoms with Crippen molar-refractivity contribution in [2.45, 2.75) is 32.8 Å². The smallest absolute Gasteiger partial charge is 0.102 e. The Morgan fingerprint density at radius 1 is 1.35 bits per heavy atom. The molecule has 3 N–H and O–H groups in total. The van der Waals surface area contributed by atoms with Crippen LogP contribution in [0, 0.1) is 5.92 Å². The van der Waals surface area contributed by atoms with Gasteiger partial charge in [-0.25, -0.2) is 0 Å². The molecule has 0 saturated heterocycles. The molecule has 0 fully saturated rings. The first kappa shape index (κ1) is 14.0. The molecule has 0 spiro atoms. The van der Waals surface area contributed by atoms with Crippen molar-refractivity contribution in [3.05, 3.63) is 29.8 Å². The number of nitrogens with two attached hydrogens (primary N) is 1. The maximum atomic E-state index is 9.91. The van der Waals surface area contributed by atoms with Gasteiger partial charge in [-0.3, -0.25) is 0 Å². The molecule has 96 valence electrons. The van der Waals surface area contributed by atoms with E-state index in [0.29, 0.717) is 24.8 Å². The molecule has 3 heteroatoms. The fraction of sp³-hybridized carbons (Fsp3) is 0.571. The summed E-state index contributed by atoms with van der Waals surface area (Å²) in [6.45, 7) is 5.36. The molecule has 2 unspecified atom stereocenters. The highest BCUT2D eigenvalue weighted by molar-refractivity contribution is 5.41. The van der Waals surface area contributed by atoms with E-state index in [1.807, 2.05) is 12.1 Å². The normalized spacial score (nSPS) is 14.5. The summed E-state index contributed by atoms with van der Waals surface area (Å²) >= 11 is 0. The number of benzene rings is 1. The maximum absolute atomic E-state index is 9.91. The van der Waals surface area contributed by atoms with Gasteiger partial charge in [0.25, 0.3) is 0 Å². The van der Waals surface area contributed by atoms with Crippen molar-refractivity contribution in [3.63, 3.8) is 0 Å². The van der Waals surface area contributed by atoms with Crippen LogP contribution in [-0.2, 0) is 4.74 Å². The van der Waals surface area contributed by atoms with Gasteiger partial charge in [0.05, 0.1) is 6.61 Å². The standard InChI is InChI=1S/C14H23NO2/c1-3-5-11(2)9-17-10-14(16)12-6-4-7-13(15)8-12/h4,6-8,11,14,16H,3,5,9-10,15H2,1-2H3. The van der Waals surface area contributed by atoms with Crippen LogP contribution in [0.1, 0.15) is 38.4 Å². The third-order valence-corrected chi connectivity index (χ3v) is 2.76. The second-order valence-electron chi connectivity index (χ2n) is 4.62. The summed E-state index contributed by atoms with van der Waals surface area (Å²) in [6.07, 6.45) is 1.74. The average molecular weight is 237 g/mol. The van der Waals surface area contributed by atoms with Crippen molar-refractivity contribution in [3.8, 4) is 0 Å². The van der Waals surface area contributed by atoms with Crippen LogP contribution >= 0.6 is 0 Å². The minimum absolute atomic E-state index is 0.331. The van der Waals surface area contributed by atoms with Gasteiger partial charge >= 0.3 is 0 Å². The zero-order valence-corrected chi connectivity index (χ0v) is 10.7. The van der Waals surface area contributed by atoms with Crippen LogP contribution in [0.5, 0.6) is 0 Å². The minimum Gasteiger partial charge on any atom is -0.399 e. The van der Waals surface area contributed by atoms with E-state index < -0.39 is 6.10 Å². The Hall–Kier alpha value is -1.06. The number of hydrogen-bond acceptors (Lipinski definition) is 3. The third kappa shape index (κ3) is 5.20. The summed E-state index contributed by atoms with van der Waals surface area (Å²) in [7, 11) is 0. The first-order chi connectivity index (χ1) is 8.13. The van der Waals surface area contributed by atoms with Crippen LogP contribution in [0.25, 0.3) is 0 Å². The van der Waals surface area contributed by atoms with Gasteiger partial charge in [0.2, 0.25) is 0 Å². The quantitative estimate of drug-likeness (QED) is 0.717. The van der Waals surface area contributed by atoms with E-state index in [0.717, 1.165) is 12.0 Å². The molecular weight excluding hydrogens is 214 g/mol. The number of rotatable bonds is 7. The lowest BCUT2D eigenvalue weighted by Gasteiger charge is -2.15. The molecule has 0 radical (unpaired) electrons. The van der Waals surface area contributed by atoms with E-state index >= 15 is 0 Å². The monoisotopic (exact) mass is 237 g/mol. The van der Waals surface area contributed by atoms with E-state index in [1.165, 1.54) is 6.42 Å². The van der Waals surface area contributed by atoms with Gasteiger partial charge in [0.15, 0.2) is 0 Å². The number of nitrogen functional groups attached to an aromatic ring is 1. The molecule has 3 nitrogen and oxygen atoms in total. The van der Waals surface area contributed by atoms with Crippen molar-refractivity contribution >= 4 is 5.69 Å². The van der Waals surface area contributed by atoms with Gasteiger partial charge in [-0.05, 0) is 30.0 Å². The van der Waals surface area contributed by atoms with Gasteiger partial charge in [0.1, 0.15) is 6.10 Å². The van der Waals surface area contributed by atoms with E-state index in [9.17, 15) is 5.11 Å². The van der Waals surface area contributed by atoms with Gasteiger partial charge < -0.3 is 15.6 Å². The average Bonchev–Trinajstić information content (AvgIpc) is 2.29. The van der Waals surface area contributed by atoms with Crippen molar-refractivity contribution in [2.24, 2.45) is 5.92 Å². The Bertz CT molecular complexity index is 328. The number of anilines is 1. The highest BCUT2D eigenvalue weighted by Crippen LogP contribution is 2.16. The van der Waals surface area contributed by atoms with E-state index in [4.69, 9.17) is 10.5 Å². The molecule has 0 aliphatic heterocycles. The first-order valence-corrected chi connectivity index (χ1v) is 6.24. The predicted molar refractivity (Wildman–Crippen MR) is 70.7 cm³/mol. The molecule has 17 heavy (non-hydrogen) atoms. The minimum atomic E-state index is -0.590. The topological polar surface area (TPSA) is 55.5 Å². The molecule has 2 atom stereocenters. The molecule has 1 aromatic rings. The van der Waals surface area contributed by atoms with Crippen LogP contribution in [0.2, 0.25) is 0 Å². The number of hydrogen-bond donors (Lipinski definition) is 2. The molecule has 0 heterocycles. The SMILES string of the molecule is CCCC(C)COCC(O)c1cccc(N)c1. The Kier molecular flexibility index (Phi) is 6.01. The van der Waals surface area contributed by atoms with Gasteiger partial charge in [-0.1, -0.05) is 32.4 Å². The maximum Gasteiger partial charge on any atom is 0.102 e. The summed E-state index contributed by atoms with van der Waals surface area (Å²) in [5.41, 5.74) is 7.14. The zero-order chi connectivity index (χ0) is 12.7. The highest BCUT2D eigenvalue weighted by atomic mass is 16.5. The fourth-order valence-corrected chi connectivity index (χ4v) is 1.82. The van der Waals surface area contributed by atoms with Crippen LogP contribution < -0.4 is 5.73 Å². The predicted octanol–water partition coefficient (Wildman–Crippen LogP) is 2.75. The van der Waals surface area contributed by atoms with Gasteiger partial charge in [-0.15, -0.1) is 0 Å². The van der Waals surface area contributed by atoms with E-state index in [-0.39, 0.29) is 0 Å². The van der Waals surface area contributed by atoms with Gasteiger partial charge in [-0.2, -0.15) is 0 Å². The van der Waals surface area contributed by atoms with Crippen molar-refractivity contribution in [1.29, 1.82) is 0 Å². The lowest BCUT2D eigenvalue weighted by atomic mass is 10.1. The van der Waals surface area contributed by atoms with Gasteiger partial charge in [0, 0.05) is 12.3 Å².